The lowest BCUT2D eigenvalue weighted by Crippen LogP contribution is -2.36. The number of carbonyl (C=O) groups excluding carboxylic acids is 2. The van der Waals surface area contributed by atoms with E-state index in [2.05, 4.69) is 20.6 Å². The fourth-order valence-electron chi connectivity index (χ4n) is 3.78. The molecule has 2 aromatic carbocycles. The van der Waals surface area contributed by atoms with Gasteiger partial charge in [0.2, 0.25) is 0 Å². The largest absolute Gasteiger partial charge is 0.459 e. The van der Waals surface area contributed by atoms with Crippen LogP contribution < -0.4 is 10.6 Å². The first-order valence-corrected chi connectivity index (χ1v) is 13.6. The summed E-state index contributed by atoms with van der Waals surface area (Å²) in [4.78, 5) is 34.0. The molecule has 12 heteroatoms. The number of hydrogen-bond donors (Lipinski definition) is 4. The maximum Gasteiger partial charge on any atom is 0.342 e. The highest BCUT2D eigenvalue weighted by Gasteiger charge is 2.23. The zero-order chi connectivity index (χ0) is 30.2. The van der Waals surface area contributed by atoms with Gasteiger partial charge in [0, 0.05) is 33.8 Å². The molecule has 0 aliphatic rings. The summed E-state index contributed by atoms with van der Waals surface area (Å²) in [7, 11) is 0. The number of pyridine rings is 2. The summed E-state index contributed by atoms with van der Waals surface area (Å²) in [5.74, 6) is -1.11. The molecule has 0 radical (unpaired) electrons. The van der Waals surface area contributed by atoms with Crippen molar-refractivity contribution in [2.75, 3.05) is 23.8 Å². The molecule has 4 N–H and O–H groups in total. The Morgan fingerprint density at radius 2 is 1.12 bits per heavy atom. The molecule has 10 nitrogen and oxygen atoms in total. The summed E-state index contributed by atoms with van der Waals surface area (Å²) < 4.78 is 10.4. The van der Waals surface area contributed by atoms with Crippen LogP contribution in [0.5, 0.6) is 0 Å². The van der Waals surface area contributed by atoms with Gasteiger partial charge in [-0.25, -0.2) is 19.6 Å². The van der Waals surface area contributed by atoms with E-state index < -0.39 is 37.4 Å². The van der Waals surface area contributed by atoms with Crippen LogP contribution in [0.2, 0.25) is 10.0 Å². The zero-order valence-electron chi connectivity index (χ0n) is 22.7. The summed E-state index contributed by atoms with van der Waals surface area (Å²) in [5, 5.41) is 28.0. The molecule has 0 bridgehead atoms. The average Bonchev–Trinajstić information content (AvgIpc) is 2.99. The SMILES string of the molecule is Cc1c(Cl)cccc1Nc1ncccc1C(=O)OCC(O)C(O)COC(=O)c1cccnc1Nc1cccc(Cl)c1C. The van der Waals surface area contributed by atoms with Crippen molar-refractivity contribution in [1.82, 2.24) is 9.97 Å². The number of aliphatic hydroxyl groups is 2. The summed E-state index contributed by atoms with van der Waals surface area (Å²) in [6.07, 6.45) is -0.0624. The van der Waals surface area contributed by atoms with Gasteiger partial charge in [0.25, 0.3) is 0 Å². The first-order chi connectivity index (χ1) is 20.2. The van der Waals surface area contributed by atoms with Crippen LogP contribution in [0.1, 0.15) is 31.8 Å². The fraction of sp³-hybridized carbons (Fsp3) is 0.200. The van der Waals surface area contributed by atoms with Crippen LogP contribution in [-0.2, 0) is 9.47 Å². The maximum absolute atomic E-state index is 12.8. The normalized spacial score (nSPS) is 12.2. The van der Waals surface area contributed by atoms with Crippen LogP contribution in [0.25, 0.3) is 0 Å². The molecule has 2 aromatic heterocycles. The number of aliphatic hydroxyl groups excluding tert-OH is 2. The lowest BCUT2D eigenvalue weighted by molar-refractivity contribution is -0.0529. The molecule has 0 spiro atoms. The Hall–Kier alpha value is -4.22. The Labute approximate surface area is 252 Å². The highest BCUT2D eigenvalue weighted by Crippen LogP contribution is 2.28. The first-order valence-electron chi connectivity index (χ1n) is 12.8. The number of nitrogens with one attached hydrogen (secondary N) is 2. The predicted octanol–water partition coefficient (Wildman–Crippen LogP) is 5.62. The van der Waals surface area contributed by atoms with E-state index in [4.69, 9.17) is 32.7 Å². The number of esters is 2. The number of benzene rings is 2. The number of aromatic nitrogens is 2. The van der Waals surface area contributed by atoms with E-state index in [1.165, 1.54) is 24.5 Å². The van der Waals surface area contributed by atoms with Crippen LogP contribution in [0.3, 0.4) is 0 Å². The minimum absolute atomic E-state index is 0.108. The summed E-state index contributed by atoms with van der Waals surface area (Å²) in [6.45, 7) is 2.52. The van der Waals surface area contributed by atoms with Gasteiger partial charge in [-0.05, 0) is 73.5 Å². The van der Waals surface area contributed by atoms with Gasteiger partial charge in [-0.3, -0.25) is 0 Å². The second kappa shape index (κ2) is 14.1. The van der Waals surface area contributed by atoms with Gasteiger partial charge in [0.1, 0.15) is 48.2 Å². The molecule has 0 fully saturated rings. The molecule has 2 unspecified atom stereocenters. The molecule has 2 atom stereocenters. The minimum Gasteiger partial charge on any atom is -0.459 e. The molecule has 4 aromatic rings. The van der Waals surface area contributed by atoms with Crippen molar-refractivity contribution < 1.29 is 29.3 Å². The molecular weight excluding hydrogens is 583 g/mol. The summed E-state index contributed by atoms with van der Waals surface area (Å²) in [5.41, 5.74) is 3.06. The molecule has 0 saturated heterocycles. The highest BCUT2D eigenvalue weighted by molar-refractivity contribution is 6.32. The number of hydrogen-bond acceptors (Lipinski definition) is 10. The first kappa shape index (κ1) is 30.7. The van der Waals surface area contributed by atoms with Crippen LogP contribution in [0.15, 0.2) is 73.1 Å². The van der Waals surface area contributed by atoms with Gasteiger partial charge in [-0.2, -0.15) is 0 Å². The van der Waals surface area contributed by atoms with Crippen LogP contribution in [0, 0.1) is 13.8 Å². The molecule has 0 aliphatic carbocycles. The number of halogens is 2. The van der Waals surface area contributed by atoms with E-state index in [0.29, 0.717) is 21.4 Å². The number of ether oxygens (including phenoxy) is 2. The minimum atomic E-state index is -1.54. The molecule has 2 heterocycles. The Bertz CT molecular complexity index is 1470. The number of carbonyl (C=O) groups is 2. The molecule has 42 heavy (non-hydrogen) atoms. The third kappa shape index (κ3) is 7.54. The maximum atomic E-state index is 12.8. The van der Waals surface area contributed by atoms with E-state index in [9.17, 15) is 19.8 Å². The van der Waals surface area contributed by atoms with Crippen molar-refractivity contribution >= 4 is 58.2 Å². The van der Waals surface area contributed by atoms with Crippen molar-refractivity contribution in [3.8, 4) is 0 Å². The van der Waals surface area contributed by atoms with E-state index in [0.717, 1.165) is 11.1 Å². The van der Waals surface area contributed by atoms with Gasteiger partial charge >= 0.3 is 11.9 Å². The van der Waals surface area contributed by atoms with Gasteiger partial charge in [-0.1, -0.05) is 35.3 Å². The average molecular weight is 611 g/mol. The Kier molecular flexibility index (Phi) is 10.3. The molecule has 0 amide bonds. The molecule has 0 saturated carbocycles. The van der Waals surface area contributed by atoms with Crippen LogP contribution in [-0.4, -0.2) is 57.5 Å². The van der Waals surface area contributed by atoms with Crippen LogP contribution in [0.4, 0.5) is 23.0 Å². The second-order valence-corrected chi connectivity index (χ2v) is 10.0. The Balaban J connectivity index is 1.33. The van der Waals surface area contributed by atoms with Crippen molar-refractivity contribution in [2.45, 2.75) is 26.1 Å². The Morgan fingerprint density at radius 1 is 0.714 bits per heavy atom. The topological polar surface area (TPSA) is 143 Å². The highest BCUT2D eigenvalue weighted by atomic mass is 35.5. The monoisotopic (exact) mass is 610 g/mol. The Morgan fingerprint density at radius 3 is 1.52 bits per heavy atom. The summed E-state index contributed by atoms with van der Waals surface area (Å²) >= 11 is 12.4. The second-order valence-electron chi connectivity index (χ2n) is 9.21. The van der Waals surface area contributed by atoms with Gasteiger partial charge in [-0.15, -0.1) is 0 Å². The van der Waals surface area contributed by atoms with Gasteiger partial charge in [0.15, 0.2) is 0 Å². The third-order valence-corrected chi connectivity index (χ3v) is 7.13. The number of nitrogens with zero attached hydrogens (tertiary/aromatic N) is 2. The van der Waals surface area contributed by atoms with Crippen molar-refractivity contribution in [1.29, 1.82) is 0 Å². The molecule has 218 valence electrons. The van der Waals surface area contributed by atoms with Gasteiger partial charge < -0.3 is 30.3 Å². The lowest BCUT2D eigenvalue weighted by Gasteiger charge is -2.19. The van der Waals surface area contributed by atoms with Crippen LogP contribution >= 0.6 is 23.2 Å². The van der Waals surface area contributed by atoms with E-state index in [-0.39, 0.29) is 22.8 Å². The molecule has 0 aliphatic heterocycles. The zero-order valence-corrected chi connectivity index (χ0v) is 24.2. The van der Waals surface area contributed by atoms with Crippen molar-refractivity contribution in [3.05, 3.63) is 105 Å². The quantitative estimate of drug-likeness (QED) is 0.158. The van der Waals surface area contributed by atoms with E-state index in [1.807, 2.05) is 13.8 Å². The molecule has 4 rings (SSSR count). The number of anilines is 4. The fourth-order valence-corrected chi connectivity index (χ4v) is 4.13. The van der Waals surface area contributed by atoms with E-state index >= 15 is 0 Å². The third-order valence-electron chi connectivity index (χ3n) is 6.31. The molecular formula is C30H28Cl2N4O6. The summed E-state index contributed by atoms with van der Waals surface area (Å²) in [6, 6.07) is 16.7. The van der Waals surface area contributed by atoms with Gasteiger partial charge in [0.05, 0.1) is 0 Å². The van der Waals surface area contributed by atoms with E-state index in [1.54, 1.807) is 48.5 Å². The smallest absolute Gasteiger partial charge is 0.342 e. The van der Waals surface area contributed by atoms with Crippen molar-refractivity contribution in [3.63, 3.8) is 0 Å². The van der Waals surface area contributed by atoms with Crippen molar-refractivity contribution in [2.24, 2.45) is 0 Å². The predicted molar refractivity (Wildman–Crippen MR) is 160 cm³/mol. The lowest BCUT2D eigenvalue weighted by atomic mass is 10.2. The standard InChI is InChI=1S/C30H28Cl2N4O6/c1-17-21(31)9-3-11-23(17)35-27-19(7-5-13-33-27)29(39)41-15-25(37)26(38)16-42-30(40)20-8-6-14-34-28(20)36-24-12-4-10-22(32)18(24)2/h3-14,25-26,37-38H,15-16H2,1-2H3,(H,33,35)(H,34,36). The number of rotatable bonds is 11.